The quantitative estimate of drug-likeness (QED) is 0.411. The molecule has 174 valence electrons. The van der Waals surface area contributed by atoms with Crippen LogP contribution in [-0.4, -0.2) is 46.9 Å². The normalized spacial score (nSPS) is 15.3. The molecular formula is C25H23ClN4O4. The predicted molar refractivity (Wildman–Crippen MR) is 127 cm³/mol. The van der Waals surface area contributed by atoms with Crippen LogP contribution in [0, 0.1) is 6.92 Å². The highest BCUT2D eigenvalue weighted by molar-refractivity contribution is 6.30. The van der Waals surface area contributed by atoms with Gasteiger partial charge in [-0.1, -0.05) is 23.7 Å². The van der Waals surface area contributed by atoms with Crippen molar-refractivity contribution in [3.63, 3.8) is 0 Å². The number of fused-ring (bicyclic) bond motifs is 3. The third-order valence-electron chi connectivity index (χ3n) is 6.22. The molecule has 5 rings (SSSR count). The summed E-state index contributed by atoms with van der Waals surface area (Å²) in [6.07, 6.45) is 0.856. The lowest BCUT2D eigenvalue weighted by Crippen LogP contribution is -2.24. The summed E-state index contributed by atoms with van der Waals surface area (Å²) in [6.45, 7) is 1.92. The highest BCUT2D eigenvalue weighted by Gasteiger charge is 2.32. The van der Waals surface area contributed by atoms with Crippen LogP contribution in [0.1, 0.15) is 39.8 Å². The molecular weight excluding hydrogens is 456 g/mol. The van der Waals surface area contributed by atoms with Crippen molar-refractivity contribution in [2.24, 2.45) is 0 Å². The van der Waals surface area contributed by atoms with E-state index in [1.54, 1.807) is 25.8 Å². The van der Waals surface area contributed by atoms with Gasteiger partial charge in [0.15, 0.2) is 28.6 Å². The maximum Gasteiger partial charge on any atom is 0.203 e. The van der Waals surface area contributed by atoms with E-state index in [1.165, 1.54) is 0 Å². The van der Waals surface area contributed by atoms with Crippen LogP contribution in [0.5, 0.6) is 17.2 Å². The minimum atomic E-state index is -0.111. The average molecular weight is 479 g/mol. The molecule has 8 nitrogen and oxygen atoms in total. The van der Waals surface area contributed by atoms with Gasteiger partial charge in [0.05, 0.1) is 38.3 Å². The lowest BCUT2D eigenvalue weighted by Gasteiger charge is -2.24. The van der Waals surface area contributed by atoms with Gasteiger partial charge >= 0.3 is 0 Å². The van der Waals surface area contributed by atoms with Crippen LogP contribution < -0.4 is 14.2 Å². The maximum absolute atomic E-state index is 13.1. The Hall–Kier alpha value is -3.65. The first kappa shape index (κ1) is 22.2. The Morgan fingerprint density at radius 3 is 2.38 bits per heavy atom. The van der Waals surface area contributed by atoms with Gasteiger partial charge in [-0.15, -0.1) is 10.2 Å². The lowest BCUT2D eigenvalue weighted by molar-refractivity contribution is 0.0955. The van der Waals surface area contributed by atoms with Crippen molar-refractivity contribution in [1.82, 2.24) is 19.8 Å². The van der Waals surface area contributed by atoms with Gasteiger partial charge in [-0.3, -0.25) is 4.79 Å². The summed E-state index contributed by atoms with van der Waals surface area (Å²) in [7, 11) is 4.71. The Labute approximate surface area is 201 Å². The standard InChI is InChI=1S/C25H23ClN4O4/c1-13-22(14-6-5-7-17(26)8-14)25-28-27-23-18(30(25)29-13)9-15(10-19(23)31)16-11-20(32-2)24(34-4)21(12-16)33-3/h5-8,11-12,15H,9-10H2,1-4H3/t15-/m1/s1. The van der Waals surface area contributed by atoms with Crippen molar-refractivity contribution in [2.75, 3.05) is 21.3 Å². The number of aromatic nitrogens is 4. The minimum absolute atomic E-state index is 0.0770. The molecule has 0 radical (unpaired) electrons. The number of hydrogen-bond donors (Lipinski definition) is 0. The molecule has 0 fully saturated rings. The molecule has 2 aromatic heterocycles. The molecule has 34 heavy (non-hydrogen) atoms. The Kier molecular flexibility index (Phi) is 5.61. The van der Waals surface area contributed by atoms with E-state index in [1.807, 2.05) is 43.3 Å². The molecule has 0 saturated carbocycles. The summed E-state index contributed by atoms with van der Waals surface area (Å²) in [5.41, 5.74) is 5.13. The monoisotopic (exact) mass is 478 g/mol. The molecule has 0 bridgehead atoms. The second-order valence-electron chi connectivity index (χ2n) is 8.19. The third kappa shape index (κ3) is 3.54. The van der Waals surface area contributed by atoms with Crippen molar-refractivity contribution in [1.29, 1.82) is 0 Å². The van der Waals surface area contributed by atoms with Gasteiger partial charge < -0.3 is 14.2 Å². The van der Waals surface area contributed by atoms with Crippen LogP contribution in [-0.2, 0) is 6.42 Å². The Morgan fingerprint density at radius 2 is 1.74 bits per heavy atom. The number of ether oxygens (including phenoxy) is 3. The average Bonchev–Trinajstić information content (AvgIpc) is 3.19. The fourth-order valence-electron chi connectivity index (χ4n) is 4.63. The van der Waals surface area contributed by atoms with Gasteiger partial charge in [-0.25, -0.2) is 4.52 Å². The summed E-state index contributed by atoms with van der Waals surface area (Å²) in [5, 5.41) is 14.1. The van der Waals surface area contributed by atoms with Crippen LogP contribution in [0.25, 0.3) is 16.8 Å². The first-order valence-corrected chi connectivity index (χ1v) is 11.2. The summed E-state index contributed by atoms with van der Waals surface area (Å²) in [5.74, 6) is 1.42. The number of nitrogens with zero attached hydrogens (tertiary/aromatic N) is 4. The second kappa shape index (κ2) is 8.61. The van der Waals surface area contributed by atoms with E-state index < -0.39 is 0 Å². The molecule has 4 aromatic rings. The zero-order valence-corrected chi connectivity index (χ0v) is 20.0. The number of rotatable bonds is 5. The van der Waals surface area contributed by atoms with Crippen molar-refractivity contribution >= 4 is 23.0 Å². The summed E-state index contributed by atoms with van der Waals surface area (Å²) in [4.78, 5) is 13.1. The second-order valence-corrected chi connectivity index (χ2v) is 8.62. The van der Waals surface area contributed by atoms with E-state index in [-0.39, 0.29) is 11.7 Å². The Balaban J connectivity index is 1.63. The van der Waals surface area contributed by atoms with Crippen LogP contribution >= 0.6 is 11.6 Å². The highest BCUT2D eigenvalue weighted by atomic mass is 35.5. The van der Waals surface area contributed by atoms with E-state index in [0.29, 0.717) is 46.5 Å². The predicted octanol–water partition coefficient (Wildman–Crippen LogP) is 4.69. The Bertz CT molecular complexity index is 1410. The van der Waals surface area contributed by atoms with Crippen LogP contribution in [0.3, 0.4) is 0 Å². The van der Waals surface area contributed by atoms with Gasteiger partial charge in [-0.2, -0.15) is 5.10 Å². The van der Waals surface area contributed by atoms with E-state index in [2.05, 4.69) is 10.2 Å². The SMILES string of the molecule is COc1cc([C@H]2CC(=O)c3nnc4c(-c5cccc(Cl)c5)c(C)nn4c3C2)cc(OC)c1OC. The van der Waals surface area contributed by atoms with Gasteiger partial charge in [-0.05, 0) is 54.7 Å². The van der Waals surface area contributed by atoms with Crippen LogP contribution in [0.15, 0.2) is 36.4 Å². The van der Waals surface area contributed by atoms with E-state index in [9.17, 15) is 4.79 Å². The number of Topliss-reactive ketones (excluding diaryl/α,β-unsaturated/α-hetero) is 1. The van der Waals surface area contributed by atoms with Gasteiger partial charge in [0.2, 0.25) is 5.75 Å². The first-order chi connectivity index (χ1) is 16.4. The number of benzene rings is 2. The molecule has 0 saturated heterocycles. The molecule has 1 atom stereocenters. The molecule has 0 amide bonds. The fraction of sp³-hybridized carbons (Fsp3) is 0.280. The first-order valence-electron chi connectivity index (χ1n) is 10.8. The molecule has 0 unspecified atom stereocenters. The minimum Gasteiger partial charge on any atom is -0.493 e. The third-order valence-corrected chi connectivity index (χ3v) is 6.45. The van der Waals surface area contributed by atoms with Crippen LogP contribution in [0.4, 0.5) is 0 Å². The molecule has 9 heteroatoms. The topological polar surface area (TPSA) is 87.8 Å². The number of aryl methyl sites for hydroxylation is 1. The molecule has 2 aromatic carbocycles. The summed E-state index contributed by atoms with van der Waals surface area (Å²) < 4.78 is 18.2. The maximum atomic E-state index is 13.1. The van der Waals surface area contributed by atoms with Crippen molar-refractivity contribution in [3.05, 3.63) is 64.1 Å². The molecule has 2 heterocycles. The smallest absolute Gasteiger partial charge is 0.203 e. The number of ketones is 1. The number of hydrogen-bond acceptors (Lipinski definition) is 7. The molecule has 0 N–H and O–H groups in total. The van der Waals surface area contributed by atoms with Crippen LogP contribution in [0.2, 0.25) is 5.02 Å². The number of methoxy groups -OCH3 is 3. The van der Waals surface area contributed by atoms with Crippen molar-refractivity contribution < 1.29 is 19.0 Å². The van der Waals surface area contributed by atoms with E-state index >= 15 is 0 Å². The number of carbonyl (C=O) groups is 1. The largest absolute Gasteiger partial charge is 0.493 e. The summed E-state index contributed by atoms with van der Waals surface area (Å²) in [6, 6.07) is 11.3. The number of carbonyl (C=O) groups excluding carboxylic acids is 1. The molecule has 1 aliphatic carbocycles. The zero-order chi connectivity index (χ0) is 24.0. The highest BCUT2D eigenvalue weighted by Crippen LogP contribution is 2.43. The lowest BCUT2D eigenvalue weighted by atomic mass is 9.83. The van der Waals surface area contributed by atoms with Gasteiger partial charge in [0.1, 0.15) is 0 Å². The number of halogens is 1. The zero-order valence-electron chi connectivity index (χ0n) is 19.3. The van der Waals surface area contributed by atoms with Crippen molar-refractivity contribution in [2.45, 2.75) is 25.7 Å². The molecule has 0 spiro atoms. The molecule has 0 aliphatic heterocycles. The Morgan fingerprint density at radius 1 is 1.00 bits per heavy atom. The van der Waals surface area contributed by atoms with Crippen molar-refractivity contribution in [3.8, 4) is 28.4 Å². The van der Waals surface area contributed by atoms with Gasteiger partial charge in [0.25, 0.3) is 0 Å². The van der Waals surface area contributed by atoms with E-state index in [0.717, 1.165) is 28.1 Å². The fourth-order valence-corrected chi connectivity index (χ4v) is 4.82. The summed E-state index contributed by atoms with van der Waals surface area (Å²) >= 11 is 6.22. The van der Waals surface area contributed by atoms with E-state index in [4.69, 9.17) is 30.9 Å². The van der Waals surface area contributed by atoms with Gasteiger partial charge in [0, 0.05) is 11.4 Å². The molecule has 1 aliphatic rings.